The number of nitrogens with one attached hydrogen (secondary N) is 1. The lowest BCUT2D eigenvalue weighted by Crippen LogP contribution is -2.32. The van der Waals surface area contributed by atoms with Crippen molar-refractivity contribution in [1.29, 1.82) is 0 Å². The summed E-state index contributed by atoms with van der Waals surface area (Å²) in [6.45, 7) is 12.5. The average molecular weight is 295 g/mol. The van der Waals surface area contributed by atoms with Gasteiger partial charge in [0.15, 0.2) is 0 Å². The van der Waals surface area contributed by atoms with E-state index in [0.717, 1.165) is 24.3 Å². The first-order valence-electron chi connectivity index (χ1n) is 7.89. The summed E-state index contributed by atoms with van der Waals surface area (Å²) in [6.07, 6.45) is 2.40. The molecule has 120 valence electrons. The number of nitrogens with zero attached hydrogens (tertiary/aromatic N) is 2. The summed E-state index contributed by atoms with van der Waals surface area (Å²) < 4.78 is 13.5. The van der Waals surface area contributed by atoms with Crippen LogP contribution in [0.15, 0.2) is 12.3 Å². The van der Waals surface area contributed by atoms with Crippen LogP contribution >= 0.6 is 0 Å². The van der Waals surface area contributed by atoms with Crippen LogP contribution in [-0.4, -0.2) is 24.6 Å². The Morgan fingerprint density at radius 1 is 1.19 bits per heavy atom. The SMILES string of the molecule is CC(C)CNCc1cc(F)cnc1N(C)C(C)CC(C)C. The second-order valence-electron chi connectivity index (χ2n) is 6.75. The van der Waals surface area contributed by atoms with Crippen molar-refractivity contribution in [3.05, 3.63) is 23.6 Å². The lowest BCUT2D eigenvalue weighted by atomic mass is 10.0. The highest BCUT2D eigenvalue weighted by molar-refractivity contribution is 5.47. The van der Waals surface area contributed by atoms with Crippen LogP contribution in [0.25, 0.3) is 0 Å². The van der Waals surface area contributed by atoms with Gasteiger partial charge in [0.1, 0.15) is 11.6 Å². The Morgan fingerprint density at radius 2 is 1.86 bits per heavy atom. The van der Waals surface area contributed by atoms with E-state index in [0.29, 0.717) is 24.4 Å². The van der Waals surface area contributed by atoms with Gasteiger partial charge in [0.2, 0.25) is 0 Å². The van der Waals surface area contributed by atoms with E-state index in [9.17, 15) is 4.39 Å². The molecule has 1 rings (SSSR count). The van der Waals surface area contributed by atoms with Crippen molar-refractivity contribution >= 4 is 5.82 Å². The molecule has 3 nitrogen and oxygen atoms in total. The molecular formula is C17H30FN3. The van der Waals surface area contributed by atoms with E-state index in [4.69, 9.17) is 0 Å². The third-order valence-corrected chi connectivity index (χ3v) is 3.59. The molecule has 1 aromatic rings. The fourth-order valence-corrected chi connectivity index (χ4v) is 2.47. The molecule has 0 aliphatic carbocycles. The fraction of sp³-hybridized carbons (Fsp3) is 0.706. The first kappa shape index (κ1) is 17.9. The quantitative estimate of drug-likeness (QED) is 0.790. The normalized spacial score (nSPS) is 13.0. The molecule has 0 amide bonds. The molecule has 1 N–H and O–H groups in total. The molecule has 0 saturated carbocycles. The van der Waals surface area contributed by atoms with Crippen LogP contribution in [0.1, 0.15) is 46.6 Å². The van der Waals surface area contributed by atoms with E-state index in [1.807, 2.05) is 7.05 Å². The summed E-state index contributed by atoms with van der Waals surface area (Å²) in [5.41, 5.74) is 0.925. The molecule has 0 fully saturated rings. The highest BCUT2D eigenvalue weighted by Gasteiger charge is 2.16. The predicted molar refractivity (Wildman–Crippen MR) is 88.1 cm³/mol. The van der Waals surface area contributed by atoms with Gasteiger partial charge in [-0.15, -0.1) is 0 Å². The van der Waals surface area contributed by atoms with Gasteiger partial charge >= 0.3 is 0 Å². The number of rotatable bonds is 8. The average Bonchev–Trinajstić information content (AvgIpc) is 2.37. The van der Waals surface area contributed by atoms with Gasteiger partial charge in [0, 0.05) is 25.2 Å². The molecule has 0 radical (unpaired) electrons. The van der Waals surface area contributed by atoms with Gasteiger partial charge in [0.25, 0.3) is 0 Å². The van der Waals surface area contributed by atoms with Gasteiger partial charge in [0.05, 0.1) is 6.20 Å². The van der Waals surface area contributed by atoms with Crippen LogP contribution in [-0.2, 0) is 6.54 Å². The first-order chi connectivity index (χ1) is 9.81. The Kier molecular flexibility index (Phi) is 7.09. The third-order valence-electron chi connectivity index (χ3n) is 3.59. The van der Waals surface area contributed by atoms with Crippen LogP contribution < -0.4 is 10.2 Å². The van der Waals surface area contributed by atoms with Crippen molar-refractivity contribution in [3.8, 4) is 0 Å². The van der Waals surface area contributed by atoms with Gasteiger partial charge < -0.3 is 10.2 Å². The maximum Gasteiger partial charge on any atom is 0.141 e. The third kappa shape index (κ3) is 6.00. The second-order valence-corrected chi connectivity index (χ2v) is 6.75. The highest BCUT2D eigenvalue weighted by Crippen LogP contribution is 2.22. The van der Waals surface area contributed by atoms with Gasteiger partial charge in [-0.25, -0.2) is 9.37 Å². The summed E-state index contributed by atoms with van der Waals surface area (Å²) in [6, 6.07) is 1.97. The monoisotopic (exact) mass is 295 g/mol. The fourth-order valence-electron chi connectivity index (χ4n) is 2.47. The number of aromatic nitrogens is 1. The number of halogens is 1. The van der Waals surface area contributed by atoms with E-state index in [1.54, 1.807) is 6.07 Å². The van der Waals surface area contributed by atoms with Crippen molar-refractivity contribution < 1.29 is 4.39 Å². The van der Waals surface area contributed by atoms with E-state index in [2.05, 4.69) is 49.8 Å². The van der Waals surface area contributed by atoms with E-state index in [1.165, 1.54) is 6.20 Å². The van der Waals surface area contributed by atoms with Gasteiger partial charge in [-0.05, 0) is 37.8 Å². The molecule has 1 aromatic heterocycles. The van der Waals surface area contributed by atoms with Crippen LogP contribution in [0.4, 0.5) is 10.2 Å². The zero-order chi connectivity index (χ0) is 16.0. The molecule has 0 aromatic carbocycles. The highest BCUT2D eigenvalue weighted by atomic mass is 19.1. The topological polar surface area (TPSA) is 28.2 Å². The molecule has 0 aliphatic rings. The van der Waals surface area contributed by atoms with Crippen LogP contribution in [0, 0.1) is 17.7 Å². The van der Waals surface area contributed by atoms with Crippen molar-refractivity contribution in [2.24, 2.45) is 11.8 Å². The Balaban J connectivity index is 2.84. The maximum atomic E-state index is 13.5. The minimum atomic E-state index is -0.273. The molecule has 1 heterocycles. The van der Waals surface area contributed by atoms with Gasteiger partial charge in [-0.2, -0.15) is 0 Å². The largest absolute Gasteiger partial charge is 0.357 e. The molecule has 1 unspecified atom stereocenters. The number of hydrogen-bond donors (Lipinski definition) is 1. The molecule has 1 atom stereocenters. The summed E-state index contributed by atoms with van der Waals surface area (Å²) in [7, 11) is 2.04. The van der Waals surface area contributed by atoms with Crippen molar-refractivity contribution in [2.45, 2.75) is 53.6 Å². The molecule has 0 saturated heterocycles. The lowest BCUT2D eigenvalue weighted by molar-refractivity contribution is 0.498. The van der Waals surface area contributed by atoms with Crippen LogP contribution in [0.3, 0.4) is 0 Å². The minimum absolute atomic E-state index is 0.273. The summed E-state index contributed by atoms with van der Waals surface area (Å²) in [5, 5.41) is 3.37. The van der Waals surface area contributed by atoms with Gasteiger partial charge in [-0.3, -0.25) is 0 Å². The predicted octanol–water partition coefficient (Wildman–Crippen LogP) is 3.84. The maximum absolute atomic E-state index is 13.5. The van der Waals surface area contributed by atoms with Gasteiger partial charge in [-0.1, -0.05) is 27.7 Å². The number of hydrogen-bond acceptors (Lipinski definition) is 3. The Labute approximate surface area is 129 Å². The molecule has 0 spiro atoms. The molecular weight excluding hydrogens is 265 g/mol. The van der Waals surface area contributed by atoms with E-state index in [-0.39, 0.29) is 5.82 Å². The summed E-state index contributed by atoms with van der Waals surface area (Å²) >= 11 is 0. The smallest absolute Gasteiger partial charge is 0.141 e. The first-order valence-corrected chi connectivity index (χ1v) is 7.89. The summed E-state index contributed by atoms with van der Waals surface area (Å²) in [5.74, 6) is 1.81. The second kappa shape index (κ2) is 8.32. The Morgan fingerprint density at radius 3 is 2.43 bits per heavy atom. The van der Waals surface area contributed by atoms with Crippen molar-refractivity contribution in [2.75, 3.05) is 18.5 Å². The Bertz CT molecular complexity index is 432. The molecule has 0 bridgehead atoms. The number of pyridine rings is 1. The lowest BCUT2D eigenvalue weighted by Gasteiger charge is -2.29. The standard InChI is InChI=1S/C17H30FN3/c1-12(2)7-14(5)21(6)17-15(8-16(18)11-20-17)10-19-9-13(3)4/h8,11-14,19H,7,9-10H2,1-6H3. The van der Waals surface area contributed by atoms with Crippen molar-refractivity contribution in [1.82, 2.24) is 10.3 Å². The molecule has 4 heteroatoms. The van der Waals surface area contributed by atoms with E-state index < -0.39 is 0 Å². The zero-order valence-electron chi connectivity index (χ0n) is 14.3. The zero-order valence-corrected chi connectivity index (χ0v) is 14.3. The number of anilines is 1. The van der Waals surface area contributed by atoms with Crippen LogP contribution in [0.5, 0.6) is 0 Å². The summed E-state index contributed by atoms with van der Waals surface area (Å²) in [4.78, 5) is 6.47. The minimum Gasteiger partial charge on any atom is -0.357 e. The van der Waals surface area contributed by atoms with Crippen molar-refractivity contribution in [3.63, 3.8) is 0 Å². The Hall–Kier alpha value is -1.16. The molecule has 0 aliphatic heterocycles. The van der Waals surface area contributed by atoms with Crippen LogP contribution in [0.2, 0.25) is 0 Å². The van der Waals surface area contributed by atoms with E-state index >= 15 is 0 Å². The molecule has 21 heavy (non-hydrogen) atoms.